The Hall–Kier alpha value is -3.13. The van der Waals surface area contributed by atoms with Crippen LogP contribution in [0.4, 0.5) is 0 Å². The molecule has 0 heterocycles. The Morgan fingerprint density at radius 1 is 0.742 bits per heavy atom. The molecule has 0 unspecified atom stereocenters. The summed E-state index contributed by atoms with van der Waals surface area (Å²) in [7, 11) is 0. The van der Waals surface area contributed by atoms with Gasteiger partial charge in [0.15, 0.2) is 5.78 Å². The molecule has 0 fully saturated rings. The fourth-order valence-electron chi connectivity index (χ4n) is 4.47. The Morgan fingerprint density at radius 3 is 2.19 bits per heavy atom. The number of carbonyl (C=O) groups is 1. The smallest absolute Gasteiger partial charge is 0.166 e. The molecule has 0 aromatic heterocycles. The average Bonchev–Trinajstić information content (AvgIpc) is 2.80. The summed E-state index contributed by atoms with van der Waals surface area (Å²) >= 11 is 0. The average molecular weight is 411 g/mol. The second-order valence-electron chi connectivity index (χ2n) is 8.34. The summed E-state index contributed by atoms with van der Waals surface area (Å²) in [5, 5.41) is 15.5. The Morgan fingerprint density at radius 2 is 1.39 bits per heavy atom. The van der Waals surface area contributed by atoms with E-state index in [1.165, 1.54) is 25.7 Å². The van der Waals surface area contributed by atoms with Crippen LogP contribution in [0.2, 0.25) is 0 Å². The molecule has 0 atom stereocenters. The summed E-state index contributed by atoms with van der Waals surface area (Å²) < 4.78 is 0. The molecular formula is C29H30O2. The van der Waals surface area contributed by atoms with Crippen LogP contribution in [0.25, 0.3) is 32.7 Å². The van der Waals surface area contributed by atoms with E-state index in [-0.39, 0.29) is 11.5 Å². The van der Waals surface area contributed by atoms with E-state index in [4.69, 9.17) is 0 Å². The topological polar surface area (TPSA) is 37.3 Å². The number of fused-ring (bicyclic) bond motifs is 2. The minimum absolute atomic E-state index is 0.0280. The fraction of sp³-hybridized carbons (Fsp3) is 0.276. The first-order valence-electron chi connectivity index (χ1n) is 11.5. The lowest BCUT2D eigenvalue weighted by molar-refractivity contribution is 0.0976. The van der Waals surface area contributed by atoms with Crippen LogP contribution in [0.15, 0.2) is 72.8 Å². The highest BCUT2D eigenvalue weighted by Crippen LogP contribution is 2.42. The van der Waals surface area contributed by atoms with Gasteiger partial charge in [0.2, 0.25) is 0 Å². The number of hydrogen-bond donors (Lipinski definition) is 1. The number of ketones is 1. The summed E-state index contributed by atoms with van der Waals surface area (Å²) in [4.78, 5) is 13.1. The van der Waals surface area contributed by atoms with E-state index >= 15 is 0 Å². The predicted octanol–water partition coefficient (Wildman–Crippen LogP) is 8.30. The van der Waals surface area contributed by atoms with Gasteiger partial charge in [-0.1, -0.05) is 106 Å². The quantitative estimate of drug-likeness (QED) is 0.222. The van der Waals surface area contributed by atoms with Crippen molar-refractivity contribution >= 4 is 27.3 Å². The Bertz CT molecular complexity index is 1200. The van der Waals surface area contributed by atoms with Gasteiger partial charge in [-0.2, -0.15) is 0 Å². The van der Waals surface area contributed by atoms with Crippen LogP contribution in [-0.4, -0.2) is 10.9 Å². The van der Waals surface area contributed by atoms with Crippen LogP contribution in [0.3, 0.4) is 0 Å². The first-order chi connectivity index (χ1) is 15.2. The maximum absolute atomic E-state index is 13.1. The molecule has 2 heteroatoms. The van der Waals surface area contributed by atoms with Crippen molar-refractivity contribution in [1.29, 1.82) is 0 Å². The second kappa shape index (κ2) is 9.78. The minimum Gasteiger partial charge on any atom is -0.507 e. The van der Waals surface area contributed by atoms with Gasteiger partial charge in [0.05, 0.1) is 5.56 Å². The third-order valence-electron chi connectivity index (χ3n) is 6.14. The van der Waals surface area contributed by atoms with Crippen molar-refractivity contribution in [3.8, 4) is 16.9 Å². The number of Topliss-reactive ketones (excluding diaryl/α,β-unsaturated/α-hetero) is 1. The third-order valence-corrected chi connectivity index (χ3v) is 6.14. The summed E-state index contributed by atoms with van der Waals surface area (Å²) in [6.07, 6.45) is 7.31. The van der Waals surface area contributed by atoms with E-state index in [0.717, 1.165) is 45.5 Å². The SMILES string of the molecule is CCCCCCCCC(=O)c1cc2ccccc2c(-c2cccc3ccccc23)c1O. The molecule has 0 bridgehead atoms. The first-order valence-corrected chi connectivity index (χ1v) is 11.5. The van der Waals surface area contributed by atoms with Crippen molar-refractivity contribution < 1.29 is 9.90 Å². The Kier molecular flexibility index (Phi) is 6.66. The molecule has 0 saturated heterocycles. The molecule has 0 aliphatic heterocycles. The van der Waals surface area contributed by atoms with Gasteiger partial charge in [0.25, 0.3) is 0 Å². The molecule has 0 aliphatic rings. The van der Waals surface area contributed by atoms with E-state index < -0.39 is 0 Å². The van der Waals surface area contributed by atoms with Crippen molar-refractivity contribution in [1.82, 2.24) is 0 Å². The number of aromatic hydroxyl groups is 1. The molecule has 158 valence electrons. The van der Waals surface area contributed by atoms with Crippen LogP contribution in [0.1, 0.15) is 62.2 Å². The number of unbranched alkanes of at least 4 members (excludes halogenated alkanes) is 5. The molecular weight excluding hydrogens is 380 g/mol. The predicted molar refractivity (Wildman–Crippen MR) is 131 cm³/mol. The van der Waals surface area contributed by atoms with Gasteiger partial charge in [-0.3, -0.25) is 4.79 Å². The second-order valence-corrected chi connectivity index (χ2v) is 8.34. The van der Waals surface area contributed by atoms with Crippen molar-refractivity contribution in [2.75, 3.05) is 0 Å². The molecule has 0 aliphatic carbocycles. The van der Waals surface area contributed by atoms with E-state index in [2.05, 4.69) is 25.1 Å². The Balaban J connectivity index is 1.74. The summed E-state index contributed by atoms with van der Waals surface area (Å²) in [6.45, 7) is 2.21. The van der Waals surface area contributed by atoms with Gasteiger partial charge in [-0.05, 0) is 39.6 Å². The fourth-order valence-corrected chi connectivity index (χ4v) is 4.47. The maximum Gasteiger partial charge on any atom is 0.166 e. The number of benzene rings is 4. The van der Waals surface area contributed by atoms with Gasteiger partial charge in [0, 0.05) is 12.0 Å². The van der Waals surface area contributed by atoms with Crippen LogP contribution in [-0.2, 0) is 0 Å². The number of phenolic OH excluding ortho intramolecular Hbond substituents is 1. The highest BCUT2D eigenvalue weighted by atomic mass is 16.3. The summed E-state index contributed by atoms with van der Waals surface area (Å²) in [5.74, 6) is 0.131. The van der Waals surface area contributed by atoms with Gasteiger partial charge in [0.1, 0.15) is 5.75 Å². The third kappa shape index (κ3) is 4.49. The maximum atomic E-state index is 13.1. The van der Waals surface area contributed by atoms with Gasteiger partial charge < -0.3 is 5.11 Å². The summed E-state index contributed by atoms with van der Waals surface area (Å²) in [6, 6.07) is 24.2. The number of hydrogen-bond acceptors (Lipinski definition) is 2. The lowest BCUT2D eigenvalue weighted by atomic mass is 9.89. The van der Waals surface area contributed by atoms with E-state index in [1.54, 1.807) is 0 Å². The minimum atomic E-state index is 0.0280. The lowest BCUT2D eigenvalue weighted by Gasteiger charge is -2.15. The largest absolute Gasteiger partial charge is 0.507 e. The monoisotopic (exact) mass is 410 g/mol. The molecule has 31 heavy (non-hydrogen) atoms. The first kappa shape index (κ1) is 21.1. The molecule has 4 rings (SSSR count). The number of rotatable bonds is 9. The number of phenols is 1. The molecule has 0 radical (unpaired) electrons. The Labute approximate surface area is 184 Å². The lowest BCUT2D eigenvalue weighted by Crippen LogP contribution is -2.01. The van der Waals surface area contributed by atoms with Crippen LogP contribution in [0.5, 0.6) is 5.75 Å². The van der Waals surface area contributed by atoms with Gasteiger partial charge >= 0.3 is 0 Å². The highest BCUT2D eigenvalue weighted by molar-refractivity contribution is 6.13. The normalized spacial score (nSPS) is 11.3. The van der Waals surface area contributed by atoms with Gasteiger partial charge in [-0.25, -0.2) is 0 Å². The zero-order valence-electron chi connectivity index (χ0n) is 18.2. The van der Waals surface area contributed by atoms with Crippen molar-refractivity contribution in [2.45, 2.75) is 51.9 Å². The number of carbonyl (C=O) groups excluding carboxylic acids is 1. The van der Waals surface area contributed by atoms with E-state index in [9.17, 15) is 9.90 Å². The van der Waals surface area contributed by atoms with Crippen molar-refractivity contribution in [2.24, 2.45) is 0 Å². The highest BCUT2D eigenvalue weighted by Gasteiger charge is 2.20. The standard InChI is InChI=1S/C29H30O2/c1-2-3-4-5-6-7-19-27(30)26-20-22-14-9-11-17-24(22)28(29(26)31)25-18-12-15-21-13-8-10-16-23(21)25/h8-18,20,31H,2-7,19H2,1H3. The van der Waals surface area contributed by atoms with E-state index in [1.807, 2.05) is 54.6 Å². The zero-order valence-corrected chi connectivity index (χ0v) is 18.2. The van der Waals surface area contributed by atoms with E-state index in [0.29, 0.717) is 12.0 Å². The van der Waals surface area contributed by atoms with Crippen LogP contribution < -0.4 is 0 Å². The van der Waals surface area contributed by atoms with Crippen LogP contribution >= 0.6 is 0 Å². The van der Waals surface area contributed by atoms with Gasteiger partial charge in [-0.15, -0.1) is 0 Å². The van der Waals surface area contributed by atoms with Crippen LogP contribution in [0, 0.1) is 0 Å². The molecule has 0 amide bonds. The molecule has 2 nitrogen and oxygen atoms in total. The zero-order chi connectivity index (χ0) is 21.6. The summed E-state index contributed by atoms with van der Waals surface area (Å²) in [5.41, 5.74) is 2.15. The molecule has 4 aromatic rings. The van der Waals surface area contributed by atoms with Crippen molar-refractivity contribution in [3.05, 3.63) is 78.4 Å². The molecule has 0 saturated carbocycles. The molecule has 0 spiro atoms. The van der Waals surface area contributed by atoms with Crippen molar-refractivity contribution in [3.63, 3.8) is 0 Å². The molecule has 1 N–H and O–H groups in total. The molecule has 4 aromatic carbocycles.